The topological polar surface area (TPSA) is 101 Å². The molecule has 0 bridgehead atoms. The van der Waals surface area contributed by atoms with Gasteiger partial charge in [-0.05, 0) is 30.2 Å². The van der Waals surface area contributed by atoms with Gasteiger partial charge in [-0.25, -0.2) is 9.18 Å². The van der Waals surface area contributed by atoms with E-state index in [2.05, 4.69) is 0 Å². The van der Waals surface area contributed by atoms with Crippen molar-refractivity contribution in [1.82, 2.24) is 0 Å². The first-order valence-electron chi connectivity index (χ1n) is 4.36. The summed E-state index contributed by atoms with van der Waals surface area (Å²) in [5.74, 6) is -3.67. The average Bonchev–Trinajstić information content (AvgIpc) is 2.16. The average molecular weight is 227 g/mol. The van der Waals surface area contributed by atoms with Crippen molar-refractivity contribution in [3.63, 3.8) is 0 Å². The Hall–Kier alpha value is -1.95. The predicted molar refractivity (Wildman–Crippen MR) is 52.7 cm³/mol. The standard InChI is InChI=1S/C10H10FNO4/c1-4-2-7(11)6(9(13)14)3-5(4)8(12)10(15)16/h2-3,8H,12H2,1H3,(H,13,14)(H,15,16). The normalized spacial score (nSPS) is 12.2. The van der Waals surface area contributed by atoms with Gasteiger partial charge in [0, 0.05) is 0 Å². The van der Waals surface area contributed by atoms with E-state index in [1.165, 1.54) is 6.92 Å². The minimum Gasteiger partial charge on any atom is -0.480 e. The van der Waals surface area contributed by atoms with E-state index in [0.717, 1.165) is 12.1 Å². The molecule has 0 saturated heterocycles. The van der Waals surface area contributed by atoms with Crippen molar-refractivity contribution in [3.05, 3.63) is 34.6 Å². The third-order valence-corrected chi connectivity index (χ3v) is 2.19. The lowest BCUT2D eigenvalue weighted by atomic mass is 9.98. The van der Waals surface area contributed by atoms with Crippen LogP contribution in [0.5, 0.6) is 0 Å². The van der Waals surface area contributed by atoms with Gasteiger partial charge in [0.2, 0.25) is 0 Å². The van der Waals surface area contributed by atoms with Gasteiger partial charge in [-0.1, -0.05) is 0 Å². The number of halogens is 1. The lowest BCUT2D eigenvalue weighted by Gasteiger charge is -2.11. The van der Waals surface area contributed by atoms with E-state index in [9.17, 15) is 14.0 Å². The number of hydrogen-bond donors (Lipinski definition) is 3. The lowest BCUT2D eigenvalue weighted by molar-refractivity contribution is -0.138. The summed E-state index contributed by atoms with van der Waals surface area (Å²) in [7, 11) is 0. The van der Waals surface area contributed by atoms with Gasteiger partial charge >= 0.3 is 11.9 Å². The van der Waals surface area contributed by atoms with Crippen LogP contribution in [0.4, 0.5) is 4.39 Å². The maximum Gasteiger partial charge on any atom is 0.338 e. The van der Waals surface area contributed by atoms with E-state index < -0.39 is 29.4 Å². The summed E-state index contributed by atoms with van der Waals surface area (Å²) in [6, 6.07) is 0.548. The van der Waals surface area contributed by atoms with Crippen molar-refractivity contribution in [1.29, 1.82) is 0 Å². The molecule has 0 saturated carbocycles. The summed E-state index contributed by atoms with van der Waals surface area (Å²) in [6.07, 6.45) is 0. The second-order valence-electron chi connectivity index (χ2n) is 3.31. The summed E-state index contributed by atoms with van der Waals surface area (Å²) in [5.41, 5.74) is 5.15. The Morgan fingerprint density at radius 1 is 1.38 bits per heavy atom. The zero-order valence-electron chi connectivity index (χ0n) is 8.40. The number of hydrogen-bond acceptors (Lipinski definition) is 3. The number of aliphatic carboxylic acids is 1. The quantitative estimate of drug-likeness (QED) is 0.712. The number of carbonyl (C=O) groups is 2. The summed E-state index contributed by atoms with van der Waals surface area (Å²) >= 11 is 0. The van der Waals surface area contributed by atoms with Crippen molar-refractivity contribution in [2.75, 3.05) is 0 Å². The Balaban J connectivity index is 3.35. The molecule has 16 heavy (non-hydrogen) atoms. The largest absolute Gasteiger partial charge is 0.480 e. The zero-order chi connectivity index (χ0) is 12.5. The minimum atomic E-state index is -1.46. The van der Waals surface area contributed by atoms with E-state index in [0.29, 0.717) is 5.56 Å². The fourth-order valence-electron chi connectivity index (χ4n) is 1.32. The van der Waals surface area contributed by atoms with Gasteiger partial charge < -0.3 is 15.9 Å². The number of rotatable bonds is 3. The van der Waals surface area contributed by atoms with Gasteiger partial charge in [-0.15, -0.1) is 0 Å². The van der Waals surface area contributed by atoms with Crippen molar-refractivity contribution in [2.24, 2.45) is 5.73 Å². The summed E-state index contributed by atoms with van der Waals surface area (Å²) < 4.78 is 13.2. The summed E-state index contributed by atoms with van der Waals surface area (Å²) in [5, 5.41) is 17.4. The highest BCUT2D eigenvalue weighted by Gasteiger charge is 2.20. The van der Waals surface area contributed by atoms with Crippen molar-refractivity contribution >= 4 is 11.9 Å². The molecule has 0 spiro atoms. The highest BCUT2D eigenvalue weighted by Crippen LogP contribution is 2.20. The molecule has 0 amide bonds. The van der Waals surface area contributed by atoms with Gasteiger partial charge in [-0.3, -0.25) is 4.79 Å². The smallest absolute Gasteiger partial charge is 0.338 e. The van der Waals surface area contributed by atoms with Crippen LogP contribution in [-0.2, 0) is 4.79 Å². The monoisotopic (exact) mass is 227 g/mol. The third-order valence-electron chi connectivity index (χ3n) is 2.19. The molecule has 0 aliphatic carbocycles. The summed E-state index contributed by atoms with van der Waals surface area (Å²) in [6.45, 7) is 1.47. The fourth-order valence-corrected chi connectivity index (χ4v) is 1.32. The molecule has 1 unspecified atom stereocenters. The van der Waals surface area contributed by atoms with Crippen molar-refractivity contribution < 1.29 is 24.2 Å². The molecule has 1 aromatic rings. The van der Waals surface area contributed by atoms with Crippen LogP contribution in [0.3, 0.4) is 0 Å². The molecule has 0 fully saturated rings. The molecule has 4 N–H and O–H groups in total. The molecule has 86 valence electrons. The molecule has 6 heteroatoms. The number of benzene rings is 1. The van der Waals surface area contributed by atoms with Crippen LogP contribution in [0.2, 0.25) is 0 Å². The minimum absolute atomic E-state index is 0.0892. The molecular weight excluding hydrogens is 217 g/mol. The Morgan fingerprint density at radius 3 is 2.38 bits per heavy atom. The van der Waals surface area contributed by atoms with Crippen LogP contribution in [-0.4, -0.2) is 22.2 Å². The van der Waals surface area contributed by atoms with Crippen LogP contribution in [0.1, 0.15) is 27.5 Å². The third kappa shape index (κ3) is 2.17. The van der Waals surface area contributed by atoms with Crippen LogP contribution in [0.25, 0.3) is 0 Å². The van der Waals surface area contributed by atoms with Gasteiger partial charge in [0.15, 0.2) is 0 Å². The zero-order valence-corrected chi connectivity index (χ0v) is 8.40. The van der Waals surface area contributed by atoms with Crippen LogP contribution >= 0.6 is 0 Å². The SMILES string of the molecule is Cc1cc(F)c(C(=O)O)cc1C(N)C(=O)O. The summed E-state index contributed by atoms with van der Waals surface area (Å²) in [4.78, 5) is 21.3. The number of carboxylic acids is 2. The predicted octanol–water partition coefficient (Wildman–Crippen LogP) is 0.917. The molecule has 0 aromatic heterocycles. The van der Waals surface area contributed by atoms with Gasteiger partial charge in [0.05, 0.1) is 5.56 Å². The van der Waals surface area contributed by atoms with Gasteiger partial charge in [-0.2, -0.15) is 0 Å². The van der Waals surface area contributed by atoms with Crippen molar-refractivity contribution in [2.45, 2.75) is 13.0 Å². The van der Waals surface area contributed by atoms with E-state index >= 15 is 0 Å². The van der Waals surface area contributed by atoms with E-state index in [-0.39, 0.29) is 5.56 Å². The molecule has 1 atom stereocenters. The molecule has 0 aliphatic rings. The molecule has 0 heterocycles. The maximum absolute atomic E-state index is 13.2. The Labute approximate surface area is 90.3 Å². The van der Waals surface area contributed by atoms with E-state index in [1.54, 1.807) is 0 Å². The molecule has 1 rings (SSSR count). The second-order valence-corrected chi connectivity index (χ2v) is 3.31. The highest BCUT2D eigenvalue weighted by molar-refractivity contribution is 5.89. The maximum atomic E-state index is 13.2. The first-order valence-corrected chi connectivity index (χ1v) is 4.36. The van der Waals surface area contributed by atoms with Crippen LogP contribution in [0, 0.1) is 12.7 Å². The Morgan fingerprint density at radius 2 is 1.94 bits per heavy atom. The molecule has 1 aromatic carbocycles. The van der Waals surface area contributed by atoms with Crippen LogP contribution < -0.4 is 5.73 Å². The first kappa shape index (κ1) is 12.1. The Kier molecular flexibility index (Phi) is 3.24. The number of nitrogens with two attached hydrogens (primary N) is 1. The number of carboxylic acid groups (broad SMARTS) is 2. The van der Waals surface area contributed by atoms with E-state index in [1.807, 2.05) is 0 Å². The number of aromatic carboxylic acids is 1. The second kappa shape index (κ2) is 4.28. The lowest BCUT2D eigenvalue weighted by Crippen LogP contribution is -2.22. The molecular formula is C10H10FNO4. The molecule has 0 aliphatic heterocycles. The van der Waals surface area contributed by atoms with Crippen LogP contribution in [0.15, 0.2) is 12.1 Å². The molecule has 0 radical (unpaired) electrons. The van der Waals surface area contributed by atoms with Crippen molar-refractivity contribution in [3.8, 4) is 0 Å². The van der Waals surface area contributed by atoms with Gasteiger partial charge in [0.25, 0.3) is 0 Å². The fraction of sp³-hybridized carbons (Fsp3) is 0.200. The highest BCUT2D eigenvalue weighted by atomic mass is 19.1. The first-order chi connectivity index (χ1) is 7.34. The number of aryl methyl sites for hydroxylation is 1. The van der Waals surface area contributed by atoms with Gasteiger partial charge in [0.1, 0.15) is 11.9 Å². The molecule has 5 nitrogen and oxygen atoms in total. The van der Waals surface area contributed by atoms with E-state index in [4.69, 9.17) is 15.9 Å². The Bertz CT molecular complexity index is 458.